The number of para-hydroxylation sites is 4. The maximum atomic E-state index is 10.4. The number of aromatic nitrogens is 4. The van der Waals surface area contributed by atoms with Gasteiger partial charge in [-0.05, 0) is 24.3 Å². The number of fused-ring (bicyclic) bond motifs is 2. The molecule has 0 aliphatic rings. The topological polar surface area (TPSA) is 138 Å². The number of nitrogens with one attached hydrogen (secondary N) is 2. The molecule has 0 spiro atoms. The third kappa shape index (κ3) is 2.85. The van der Waals surface area contributed by atoms with Crippen LogP contribution < -0.4 is 0 Å². The number of aromatic amines is 2. The number of aliphatic hydroxyl groups is 4. The highest BCUT2D eigenvalue weighted by atomic mass is 16.4. The van der Waals surface area contributed by atoms with Crippen molar-refractivity contribution >= 4 is 22.1 Å². The van der Waals surface area contributed by atoms with E-state index in [0.717, 1.165) is 0 Å². The summed E-state index contributed by atoms with van der Waals surface area (Å²) in [6.07, 6.45) is -6.34. The number of hydrogen-bond donors (Lipinski definition) is 6. The van der Waals surface area contributed by atoms with Gasteiger partial charge in [-0.25, -0.2) is 9.97 Å². The highest BCUT2D eigenvalue weighted by molar-refractivity contribution is 5.75. The Hall–Kier alpha value is -2.78. The molecule has 8 heteroatoms. The normalized spacial score (nSPS) is 16.6. The van der Waals surface area contributed by atoms with Gasteiger partial charge < -0.3 is 30.4 Å². The summed E-state index contributed by atoms with van der Waals surface area (Å²) in [5.41, 5.74) is 2.64. The summed E-state index contributed by atoms with van der Waals surface area (Å²) in [6, 6.07) is 14.3. The predicted octanol–water partition coefficient (Wildman–Crippen LogP) is 0.928. The summed E-state index contributed by atoms with van der Waals surface area (Å²) >= 11 is 0. The molecule has 0 unspecified atom stereocenters. The lowest BCUT2D eigenvalue weighted by atomic mass is 10.0. The number of benzene rings is 2. The summed E-state index contributed by atoms with van der Waals surface area (Å²) in [6.45, 7) is 0. The van der Waals surface area contributed by atoms with Crippen molar-refractivity contribution in [2.45, 2.75) is 24.4 Å². The van der Waals surface area contributed by atoms with Crippen LogP contribution in [0, 0.1) is 0 Å². The molecule has 2 heterocycles. The molecule has 0 saturated heterocycles. The monoisotopic (exact) mass is 354 g/mol. The molecule has 4 aromatic rings. The Balaban J connectivity index is 1.56. The Morgan fingerprint density at radius 1 is 0.615 bits per heavy atom. The van der Waals surface area contributed by atoms with E-state index in [4.69, 9.17) is 0 Å². The van der Waals surface area contributed by atoms with Crippen molar-refractivity contribution in [3.63, 3.8) is 0 Å². The van der Waals surface area contributed by atoms with Crippen LogP contribution in [0.3, 0.4) is 0 Å². The summed E-state index contributed by atoms with van der Waals surface area (Å²) in [5.74, 6) is 0.212. The van der Waals surface area contributed by atoms with Crippen LogP contribution >= 0.6 is 0 Å². The van der Waals surface area contributed by atoms with E-state index in [2.05, 4.69) is 19.9 Å². The zero-order valence-corrected chi connectivity index (χ0v) is 13.6. The highest BCUT2D eigenvalue weighted by Gasteiger charge is 2.35. The van der Waals surface area contributed by atoms with Crippen LogP contribution in [0.5, 0.6) is 0 Å². The second-order valence-corrected chi connectivity index (χ2v) is 6.15. The van der Waals surface area contributed by atoms with Crippen molar-refractivity contribution in [3.05, 3.63) is 60.2 Å². The molecule has 6 N–H and O–H groups in total. The summed E-state index contributed by atoms with van der Waals surface area (Å²) in [4.78, 5) is 14.2. The number of hydrogen-bond acceptors (Lipinski definition) is 6. The van der Waals surface area contributed by atoms with Crippen molar-refractivity contribution < 1.29 is 20.4 Å². The molecule has 0 aliphatic carbocycles. The largest absolute Gasteiger partial charge is 0.387 e. The smallest absolute Gasteiger partial charge is 0.140 e. The quantitative estimate of drug-likeness (QED) is 0.315. The van der Waals surface area contributed by atoms with E-state index in [9.17, 15) is 20.4 Å². The van der Waals surface area contributed by atoms with E-state index in [0.29, 0.717) is 22.1 Å². The van der Waals surface area contributed by atoms with Gasteiger partial charge in [-0.2, -0.15) is 0 Å². The molecule has 2 aromatic carbocycles. The van der Waals surface area contributed by atoms with E-state index in [1.54, 1.807) is 36.4 Å². The van der Waals surface area contributed by atoms with Crippen LogP contribution in [-0.2, 0) is 0 Å². The fourth-order valence-electron chi connectivity index (χ4n) is 2.92. The van der Waals surface area contributed by atoms with Gasteiger partial charge in [0.05, 0.1) is 22.1 Å². The van der Waals surface area contributed by atoms with E-state index in [-0.39, 0.29) is 11.6 Å². The maximum absolute atomic E-state index is 10.4. The van der Waals surface area contributed by atoms with E-state index in [1.807, 2.05) is 12.1 Å². The van der Waals surface area contributed by atoms with Gasteiger partial charge in [0.25, 0.3) is 0 Å². The van der Waals surface area contributed by atoms with Crippen LogP contribution in [0.4, 0.5) is 0 Å². The van der Waals surface area contributed by atoms with Crippen LogP contribution in [-0.4, -0.2) is 52.6 Å². The van der Waals surface area contributed by atoms with Gasteiger partial charge in [-0.1, -0.05) is 24.3 Å². The van der Waals surface area contributed by atoms with Gasteiger partial charge in [0.2, 0.25) is 0 Å². The predicted molar refractivity (Wildman–Crippen MR) is 94.1 cm³/mol. The van der Waals surface area contributed by atoms with E-state index >= 15 is 0 Å². The van der Waals surface area contributed by atoms with Crippen LogP contribution in [0.2, 0.25) is 0 Å². The van der Waals surface area contributed by atoms with Crippen molar-refractivity contribution in [2.75, 3.05) is 0 Å². The van der Waals surface area contributed by atoms with Crippen molar-refractivity contribution in [1.29, 1.82) is 0 Å². The first-order valence-electron chi connectivity index (χ1n) is 8.16. The average molecular weight is 354 g/mol. The second-order valence-electron chi connectivity index (χ2n) is 6.15. The van der Waals surface area contributed by atoms with E-state index < -0.39 is 24.4 Å². The number of imidazole rings is 2. The molecule has 0 saturated carbocycles. The minimum atomic E-state index is -1.67. The Morgan fingerprint density at radius 3 is 1.38 bits per heavy atom. The van der Waals surface area contributed by atoms with Crippen molar-refractivity contribution in [2.24, 2.45) is 0 Å². The van der Waals surface area contributed by atoms with Crippen LogP contribution in [0.15, 0.2) is 48.5 Å². The molecule has 26 heavy (non-hydrogen) atoms. The Morgan fingerprint density at radius 2 is 1.00 bits per heavy atom. The number of nitrogens with zero attached hydrogens (tertiary/aromatic N) is 2. The average Bonchev–Trinajstić information content (AvgIpc) is 3.29. The van der Waals surface area contributed by atoms with Gasteiger partial charge in [0, 0.05) is 0 Å². The molecule has 0 fully saturated rings. The fourth-order valence-corrected chi connectivity index (χ4v) is 2.92. The van der Waals surface area contributed by atoms with Gasteiger partial charge >= 0.3 is 0 Å². The minimum absolute atomic E-state index is 0.106. The third-order valence-electron chi connectivity index (χ3n) is 4.37. The molecular formula is C18H18N4O4. The van der Waals surface area contributed by atoms with Gasteiger partial charge in [0.15, 0.2) is 0 Å². The molecular weight excluding hydrogens is 336 g/mol. The zero-order chi connectivity index (χ0) is 18.3. The molecule has 4 atom stereocenters. The highest BCUT2D eigenvalue weighted by Crippen LogP contribution is 2.26. The molecule has 134 valence electrons. The maximum Gasteiger partial charge on any atom is 0.140 e. The SMILES string of the molecule is O[C@H]([C@@H](O)[C@@H](O)c1nc2ccccc2[nH]1)[C@@H](O)c1nc2ccccc2[nH]1. The molecule has 4 rings (SSSR count). The molecule has 0 radical (unpaired) electrons. The Bertz CT molecular complexity index is 894. The lowest BCUT2D eigenvalue weighted by Gasteiger charge is -2.24. The number of H-pyrrole nitrogens is 2. The molecule has 0 amide bonds. The molecule has 0 bridgehead atoms. The van der Waals surface area contributed by atoms with Crippen LogP contribution in [0.25, 0.3) is 22.1 Å². The summed E-state index contributed by atoms with van der Waals surface area (Å²) in [7, 11) is 0. The lowest BCUT2D eigenvalue weighted by molar-refractivity contribution is -0.111. The standard InChI is InChI=1S/C18H18N4O4/c23-13(15(25)17-19-9-5-1-2-6-10(9)20-17)14(24)16(26)18-21-11-7-3-4-8-12(11)22-18/h1-8,13-16,23-26H,(H,19,20)(H,21,22)/t13-,14-,15-,16-/m1/s1. The van der Waals surface area contributed by atoms with Crippen molar-refractivity contribution in [3.8, 4) is 0 Å². The van der Waals surface area contributed by atoms with E-state index in [1.165, 1.54) is 0 Å². The van der Waals surface area contributed by atoms with Gasteiger partial charge in [-0.15, -0.1) is 0 Å². The molecule has 0 aliphatic heterocycles. The lowest BCUT2D eigenvalue weighted by Crippen LogP contribution is -2.37. The molecule has 8 nitrogen and oxygen atoms in total. The third-order valence-corrected chi connectivity index (χ3v) is 4.37. The fraction of sp³-hybridized carbons (Fsp3) is 0.222. The second kappa shape index (κ2) is 6.50. The first kappa shape index (κ1) is 16.7. The van der Waals surface area contributed by atoms with Gasteiger partial charge in [-0.3, -0.25) is 0 Å². The Labute approximate surface area is 147 Å². The zero-order valence-electron chi connectivity index (χ0n) is 13.6. The number of rotatable bonds is 5. The first-order valence-corrected chi connectivity index (χ1v) is 8.16. The van der Waals surface area contributed by atoms with Crippen molar-refractivity contribution in [1.82, 2.24) is 19.9 Å². The Kier molecular flexibility index (Phi) is 4.17. The summed E-state index contributed by atoms with van der Waals surface area (Å²) in [5, 5.41) is 41.3. The number of aliphatic hydroxyl groups excluding tert-OH is 4. The van der Waals surface area contributed by atoms with Crippen LogP contribution in [0.1, 0.15) is 23.9 Å². The first-order chi connectivity index (χ1) is 12.5. The van der Waals surface area contributed by atoms with Gasteiger partial charge in [0.1, 0.15) is 36.1 Å². The minimum Gasteiger partial charge on any atom is -0.387 e. The molecule has 2 aromatic heterocycles. The summed E-state index contributed by atoms with van der Waals surface area (Å²) < 4.78 is 0.